The van der Waals surface area contributed by atoms with Gasteiger partial charge in [0, 0.05) is 17.4 Å². The molecule has 1 atom stereocenters. The summed E-state index contributed by atoms with van der Waals surface area (Å²) in [6, 6.07) is 6.55. The molecule has 0 spiro atoms. The minimum absolute atomic E-state index is 0.535. The van der Waals surface area contributed by atoms with Gasteiger partial charge in [0.1, 0.15) is 0 Å². The summed E-state index contributed by atoms with van der Waals surface area (Å²) >= 11 is 0. The van der Waals surface area contributed by atoms with Crippen LogP contribution in [0.3, 0.4) is 0 Å². The Bertz CT molecular complexity index is 307. The number of hydrogen-bond acceptors (Lipinski definition) is 2. The van der Waals surface area contributed by atoms with E-state index in [9.17, 15) is 0 Å². The second kappa shape index (κ2) is 5.64. The van der Waals surface area contributed by atoms with Gasteiger partial charge in [-0.3, -0.25) is 0 Å². The van der Waals surface area contributed by atoms with Crippen molar-refractivity contribution >= 4 is 11.4 Å². The Kier molecular flexibility index (Phi) is 4.47. The van der Waals surface area contributed by atoms with E-state index in [0.717, 1.165) is 5.69 Å². The molecule has 2 heteroatoms. The van der Waals surface area contributed by atoms with E-state index in [4.69, 9.17) is 5.73 Å². The molecule has 15 heavy (non-hydrogen) atoms. The Morgan fingerprint density at radius 3 is 2.73 bits per heavy atom. The molecule has 0 heterocycles. The first-order valence-corrected chi connectivity index (χ1v) is 5.76. The van der Waals surface area contributed by atoms with Gasteiger partial charge >= 0.3 is 0 Å². The van der Waals surface area contributed by atoms with Crippen molar-refractivity contribution < 1.29 is 0 Å². The third-order valence-corrected chi connectivity index (χ3v) is 2.64. The highest BCUT2D eigenvalue weighted by molar-refractivity contribution is 5.57. The summed E-state index contributed by atoms with van der Waals surface area (Å²) in [6.07, 6.45) is 3.76. The Morgan fingerprint density at radius 2 is 2.13 bits per heavy atom. The number of nitrogen functional groups attached to an aromatic ring is 1. The number of hydrogen-bond donors (Lipinski definition) is 2. The molecule has 1 unspecified atom stereocenters. The summed E-state index contributed by atoms with van der Waals surface area (Å²) in [5.74, 6) is 0. The molecular weight excluding hydrogens is 184 g/mol. The molecule has 0 aliphatic heterocycles. The lowest BCUT2D eigenvalue weighted by Crippen LogP contribution is -2.15. The van der Waals surface area contributed by atoms with Gasteiger partial charge < -0.3 is 11.1 Å². The molecule has 0 aromatic heterocycles. The van der Waals surface area contributed by atoms with Crippen LogP contribution in [0.15, 0.2) is 18.2 Å². The monoisotopic (exact) mass is 206 g/mol. The van der Waals surface area contributed by atoms with Crippen molar-refractivity contribution in [3.05, 3.63) is 23.8 Å². The van der Waals surface area contributed by atoms with Crippen molar-refractivity contribution in [3.63, 3.8) is 0 Å². The third kappa shape index (κ3) is 3.82. The molecule has 84 valence electrons. The number of aryl methyl sites for hydroxylation is 1. The molecule has 0 saturated carbocycles. The average molecular weight is 206 g/mol. The van der Waals surface area contributed by atoms with Crippen LogP contribution in [0.1, 0.15) is 38.7 Å². The van der Waals surface area contributed by atoms with E-state index in [-0.39, 0.29) is 0 Å². The zero-order valence-electron chi connectivity index (χ0n) is 10.0. The Hall–Kier alpha value is -1.18. The second-order valence-corrected chi connectivity index (χ2v) is 4.26. The molecule has 0 bridgehead atoms. The quantitative estimate of drug-likeness (QED) is 0.723. The van der Waals surface area contributed by atoms with E-state index >= 15 is 0 Å². The van der Waals surface area contributed by atoms with Gasteiger partial charge in [-0.15, -0.1) is 0 Å². The van der Waals surface area contributed by atoms with E-state index in [2.05, 4.69) is 32.2 Å². The van der Waals surface area contributed by atoms with Crippen LogP contribution in [0, 0.1) is 6.92 Å². The molecule has 1 aromatic carbocycles. The Balaban J connectivity index is 2.56. The van der Waals surface area contributed by atoms with Crippen LogP contribution < -0.4 is 11.1 Å². The lowest BCUT2D eigenvalue weighted by Gasteiger charge is -2.16. The van der Waals surface area contributed by atoms with E-state index in [1.807, 2.05) is 12.1 Å². The Morgan fingerprint density at radius 1 is 1.40 bits per heavy atom. The third-order valence-electron chi connectivity index (χ3n) is 2.64. The van der Waals surface area contributed by atoms with Crippen LogP contribution in [0.25, 0.3) is 0 Å². The number of anilines is 2. The van der Waals surface area contributed by atoms with E-state index in [1.54, 1.807) is 0 Å². The highest BCUT2D eigenvalue weighted by Gasteiger charge is 2.03. The minimum Gasteiger partial charge on any atom is -0.399 e. The second-order valence-electron chi connectivity index (χ2n) is 4.26. The van der Waals surface area contributed by atoms with Crippen molar-refractivity contribution in [3.8, 4) is 0 Å². The highest BCUT2D eigenvalue weighted by atomic mass is 14.9. The van der Waals surface area contributed by atoms with Crippen LogP contribution in [-0.2, 0) is 0 Å². The maximum atomic E-state index is 5.71. The predicted octanol–water partition coefficient (Wildman–Crippen LogP) is 3.57. The smallest absolute Gasteiger partial charge is 0.0373 e. The first kappa shape index (κ1) is 11.9. The first-order valence-electron chi connectivity index (χ1n) is 5.76. The average Bonchev–Trinajstić information content (AvgIpc) is 2.19. The Labute approximate surface area is 92.9 Å². The zero-order valence-corrected chi connectivity index (χ0v) is 10.0. The van der Waals surface area contributed by atoms with Crippen molar-refractivity contribution in [1.82, 2.24) is 0 Å². The van der Waals surface area contributed by atoms with Crippen molar-refractivity contribution in [1.29, 1.82) is 0 Å². The van der Waals surface area contributed by atoms with E-state index in [0.29, 0.717) is 6.04 Å². The van der Waals surface area contributed by atoms with Crippen molar-refractivity contribution in [2.75, 3.05) is 11.1 Å². The lowest BCUT2D eigenvalue weighted by molar-refractivity contribution is 0.645. The highest BCUT2D eigenvalue weighted by Crippen LogP contribution is 2.19. The van der Waals surface area contributed by atoms with Crippen LogP contribution in [0.5, 0.6) is 0 Å². The molecule has 0 amide bonds. The maximum Gasteiger partial charge on any atom is 0.0373 e. The first-order chi connectivity index (χ1) is 7.13. The summed E-state index contributed by atoms with van der Waals surface area (Å²) in [4.78, 5) is 0. The van der Waals surface area contributed by atoms with Gasteiger partial charge in [-0.25, -0.2) is 0 Å². The molecule has 0 fully saturated rings. The van der Waals surface area contributed by atoms with E-state index in [1.165, 1.54) is 30.5 Å². The standard InChI is InChI=1S/C13H22N2/c1-4-5-6-11(3)15-13-8-7-12(14)9-10(13)2/h7-9,11,15H,4-6,14H2,1-3H3. The number of rotatable bonds is 5. The van der Waals surface area contributed by atoms with E-state index < -0.39 is 0 Å². The number of nitrogens with two attached hydrogens (primary N) is 1. The molecule has 1 aromatic rings. The maximum absolute atomic E-state index is 5.71. The summed E-state index contributed by atoms with van der Waals surface area (Å²) < 4.78 is 0. The summed E-state index contributed by atoms with van der Waals surface area (Å²) in [7, 11) is 0. The SMILES string of the molecule is CCCCC(C)Nc1ccc(N)cc1C. The van der Waals surface area contributed by atoms with Crippen LogP contribution >= 0.6 is 0 Å². The lowest BCUT2D eigenvalue weighted by atomic mass is 10.1. The molecule has 2 nitrogen and oxygen atoms in total. The summed E-state index contributed by atoms with van der Waals surface area (Å²) in [5, 5.41) is 3.52. The molecular formula is C13H22N2. The molecule has 0 radical (unpaired) electrons. The summed E-state index contributed by atoms with van der Waals surface area (Å²) in [6.45, 7) is 6.54. The van der Waals surface area contributed by atoms with Crippen molar-refractivity contribution in [2.45, 2.75) is 46.1 Å². The fraction of sp³-hybridized carbons (Fsp3) is 0.538. The van der Waals surface area contributed by atoms with Gasteiger partial charge in [-0.05, 0) is 44.0 Å². The minimum atomic E-state index is 0.535. The predicted molar refractivity (Wildman–Crippen MR) is 68.2 cm³/mol. The molecule has 1 rings (SSSR count). The largest absolute Gasteiger partial charge is 0.399 e. The molecule has 0 saturated heterocycles. The topological polar surface area (TPSA) is 38.0 Å². The summed E-state index contributed by atoms with van der Waals surface area (Å²) in [5.41, 5.74) is 8.97. The van der Waals surface area contributed by atoms with Gasteiger partial charge in [-0.2, -0.15) is 0 Å². The molecule has 0 aliphatic carbocycles. The fourth-order valence-corrected chi connectivity index (χ4v) is 1.70. The van der Waals surface area contributed by atoms with Crippen LogP contribution in [-0.4, -0.2) is 6.04 Å². The molecule has 0 aliphatic rings. The van der Waals surface area contributed by atoms with Crippen LogP contribution in [0.4, 0.5) is 11.4 Å². The van der Waals surface area contributed by atoms with Crippen molar-refractivity contribution in [2.24, 2.45) is 0 Å². The fourth-order valence-electron chi connectivity index (χ4n) is 1.70. The van der Waals surface area contributed by atoms with Crippen LogP contribution in [0.2, 0.25) is 0 Å². The zero-order chi connectivity index (χ0) is 11.3. The number of unbranched alkanes of at least 4 members (excludes halogenated alkanes) is 1. The molecule has 3 N–H and O–H groups in total. The normalized spacial score (nSPS) is 12.5. The van der Waals surface area contributed by atoms with Gasteiger partial charge in [0.15, 0.2) is 0 Å². The van der Waals surface area contributed by atoms with Gasteiger partial charge in [0.05, 0.1) is 0 Å². The number of nitrogens with one attached hydrogen (secondary N) is 1. The van der Waals surface area contributed by atoms with Gasteiger partial charge in [0.2, 0.25) is 0 Å². The van der Waals surface area contributed by atoms with Gasteiger partial charge in [-0.1, -0.05) is 19.8 Å². The van der Waals surface area contributed by atoms with Gasteiger partial charge in [0.25, 0.3) is 0 Å². The number of benzene rings is 1.